The van der Waals surface area contributed by atoms with Gasteiger partial charge in [0.15, 0.2) is 0 Å². The molecular formula is C13H15F2NO3. The molecule has 0 radical (unpaired) electrons. The number of carbonyl (C=O) groups is 2. The molecule has 0 heterocycles. The van der Waals surface area contributed by atoms with Crippen molar-refractivity contribution in [2.75, 3.05) is 13.2 Å². The lowest BCUT2D eigenvalue weighted by atomic mass is 10.2. The molecule has 1 amide bonds. The lowest BCUT2D eigenvalue weighted by Gasteiger charge is -2.06. The Kier molecular flexibility index (Phi) is 5.92. The van der Waals surface area contributed by atoms with Crippen molar-refractivity contribution in [3.63, 3.8) is 0 Å². The summed E-state index contributed by atoms with van der Waals surface area (Å²) in [5.74, 6) is -3.13. The second-order valence-electron chi connectivity index (χ2n) is 3.88. The molecule has 0 unspecified atom stereocenters. The van der Waals surface area contributed by atoms with Crippen molar-refractivity contribution in [2.24, 2.45) is 0 Å². The van der Waals surface area contributed by atoms with E-state index in [-0.39, 0.29) is 18.7 Å². The van der Waals surface area contributed by atoms with E-state index in [1.165, 1.54) is 0 Å². The number of halogens is 2. The van der Waals surface area contributed by atoms with Crippen molar-refractivity contribution in [3.05, 3.63) is 35.4 Å². The van der Waals surface area contributed by atoms with Gasteiger partial charge in [-0.05, 0) is 18.6 Å². The zero-order chi connectivity index (χ0) is 14.3. The maximum absolute atomic E-state index is 13.3. The predicted octanol–water partition coefficient (Wildman–Crippen LogP) is 2.04. The van der Waals surface area contributed by atoms with E-state index in [1.807, 2.05) is 6.92 Å². The van der Waals surface area contributed by atoms with E-state index in [9.17, 15) is 18.4 Å². The molecule has 0 fully saturated rings. The van der Waals surface area contributed by atoms with Crippen LogP contribution in [0.5, 0.6) is 0 Å². The topological polar surface area (TPSA) is 55.4 Å². The summed E-state index contributed by atoms with van der Waals surface area (Å²) < 4.78 is 30.7. The Balaban J connectivity index is 2.45. The Morgan fingerprint density at radius 1 is 1.32 bits per heavy atom. The number of hydrogen-bond donors (Lipinski definition) is 1. The Morgan fingerprint density at radius 2 is 2.05 bits per heavy atom. The summed E-state index contributed by atoms with van der Waals surface area (Å²) in [6.07, 6.45) is 1.63. The molecule has 4 nitrogen and oxygen atoms in total. The smallest absolute Gasteiger partial charge is 0.325 e. The molecule has 0 aliphatic heterocycles. The number of ether oxygens (including phenoxy) is 1. The van der Waals surface area contributed by atoms with Crippen molar-refractivity contribution >= 4 is 11.9 Å². The zero-order valence-corrected chi connectivity index (χ0v) is 10.5. The molecule has 0 saturated heterocycles. The molecular weight excluding hydrogens is 256 g/mol. The Morgan fingerprint density at radius 3 is 2.68 bits per heavy atom. The molecule has 0 aromatic heterocycles. The molecule has 0 spiro atoms. The molecule has 0 aliphatic carbocycles. The number of esters is 1. The summed E-state index contributed by atoms with van der Waals surface area (Å²) in [7, 11) is 0. The van der Waals surface area contributed by atoms with Crippen LogP contribution in [0.3, 0.4) is 0 Å². The summed E-state index contributed by atoms with van der Waals surface area (Å²) >= 11 is 0. The minimum atomic E-state index is -0.975. The summed E-state index contributed by atoms with van der Waals surface area (Å²) in [4.78, 5) is 22.7. The number of hydrogen-bond acceptors (Lipinski definition) is 3. The number of amides is 1. The van der Waals surface area contributed by atoms with E-state index in [1.54, 1.807) is 0 Å². The van der Waals surface area contributed by atoms with Crippen LogP contribution in [-0.4, -0.2) is 25.0 Å². The van der Waals surface area contributed by atoms with Gasteiger partial charge in [0.1, 0.15) is 18.2 Å². The fourth-order valence-corrected chi connectivity index (χ4v) is 1.30. The Labute approximate surface area is 109 Å². The van der Waals surface area contributed by atoms with E-state index in [0.717, 1.165) is 25.0 Å². The monoisotopic (exact) mass is 271 g/mol. The lowest BCUT2D eigenvalue weighted by Crippen LogP contribution is -2.31. The van der Waals surface area contributed by atoms with E-state index in [4.69, 9.17) is 4.74 Å². The van der Waals surface area contributed by atoms with E-state index < -0.39 is 23.5 Å². The number of unbranched alkanes of at least 4 members (excludes halogenated alkanes) is 1. The summed E-state index contributed by atoms with van der Waals surface area (Å²) in [6.45, 7) is 1.89. The van der Waals surface area contributed by atoms with Gasteiger partial charge < -0.3 is 10.1 Å². The van der Waals surface area contributed by atoms with Crippen LogP contribution in [0, 0.1) is 11.6 Å². The standard InChI is InChI=1S/C13H15F2NO3/c1-2-3-6-19-12(17)8-16-13(18)10-5-4-9(14)7-11(10)15/h4-5,7H,2-3,6,8H2,1H3,(H,16,18). The fraction of sp³-hybridized carbons (Fsp3) is 0.385. The van der Waals surface area contributed by atoms with E-state index >= 15 is 0 Å². The SMILES string of the molecule is CCCCOC(=O)CNC(=O)c1ccc(F)cc1F. The first kappa shape index (κ1) is 15.1. The van der Waals surface area contributed by atoms with Crippen molar-refractivity contribution in [1.82, 2.24) is 5.32 Å². The van der Waals surface area contributed by atoms with Crippen LogP contribution < -0.4 is 5.32 Å². The van der Waals surface area contributed by atoms with Crippen LogP contribution in [0.15, 0.2) is 18.2 Å². The van der Waals surface area contributed by atoms with Crippen LogP contribution in [0.25, 0.3) is 0 Å². The number of nitrogens with one attached hydrogen (secondary N) is 1. The lowest BCUT2D eigenvalue weighted by molar-refractivity contribution is -0.142. The normalized spacial score (nSPS) is 10.1. The third kappa shape index (κ3) is 5.03. The molecule has 0 bridgehead atoms. The first-order valence-corrected chi connectivity index (χ1v) is 5.93. The van der Waals surface area contributed by atoms with Gasteiger partial charge in [-0.2, -0.15) is 0 Å². The molecule has 1 rings (SSSR count). The maximum atomic E-state index is 13.3. The van der Waals surface area contributed by atoms with Crippen molar-refractivity contribution in [3.8, 4) is 0 Å². The second kappa shape index (κ2) is 7.45. The summed E-state index contributed by atoms with van der Waals surface area (Å²) in [5.41, 5.74) is -0.317. The van der Waals surface area contributed by atoms with Crippen LogP contribution in [-0.2, 0) is 9.53 Å². The maximum Gasteiger partial charge on any atom is 0.325 e. The highest BCUT2D eigenvalue weighted by molar-refractivity contribution is 5.96. The average Bonchev–Trinajstić information content (AvgIpc) is 2.36. The van der Waals surface area contributed by atoms with Gasteiger partial charge in [-0.25, -0.2) is 8.78 Å². The average molecular weight is 271 g/mol. The number of rotatable bonds is 6. The molecule has 6 heteroatoms. The number of carbonyl (C=O) groups excluding carboxylic acids is 2. The Bertz CT molecular complexity index is 463. The summed E-state index contributed by atoms with van der Waals surface area (Å²) in [6, 6.07) is 2.59. The first-order valence-electron chi connectivity index (χ1n) is 5.93. The molecule has 0 aliphatic rings. The minimum absolute atomic E-state index is 0.288. The van der Waals surface area contributed by atoms with Crippen LogP contribution in [0.4, 0.5) is 8.78 Å². The molecule has 104 valence electrons. The van der Waals surface area contributed by atoms with Crippen LogP contribution >= 0.6 is 0 Å². The van der Waals surface area contributed by atoms with Gasteiger partial charge in [-0.3, -0.25) is 9.59 Å². The predicted molar refractivity (Wildman–Crippen MR) is 64.6 cm³/mol. The van der Waals surface area contributed by atoms with Gasteiger partial charge in [0.05, 0.1) is 12.2 Å². The van der Waals surface area contributed by atoms with Crippen molar-refractivity contribution < 1.29 is 23.1 Å². The highest BCUT2D eigenvalue weighted by Crippen LogP contribution is 2.09. The first-order chi connectivity index (χ1) is 9.04. The third-order valence-electron chi connectivity index (χ3n) is 2.33. The molecule has 1 aromatic carbocycles. The Hall–Kier alpha value is -1.98. The minimum Gasteiger partial charge on any atom is -0.464 e. The molecule has 0 saturated carbocycles. The quantitative estimate of drug-likeness (QED) is 0.636. The van der Waals surface area contributed by atoms with E-state index in [0.29, 0.717) is 6.07 Å². The van der Waals surface area contributed by atoms with Gasteiger partial charge in [0.25, 0.3) is 5.91 Å². The van der Waals surface area contributed by atoms with E-state index in [2.05, 4.69) is 5.32 Å². The van der Waals surface area contributed by atoms with Gasteiger partial charge in [-0.15, -0.1) is 0 Å². The van der Waals surface area contributed by atoms with Crippen molar-refractivity contribution in [2.45, 2.75) is 19.8 Å². The largest absolute Gasteiger partial charge is 0.464 e. The number of benzene rings is 1. The van der Waals surface area contributed by atoms with Crippen LogP contribution in [0.2, 0.25) is 0 Å². The summed E-state index contributed by atoms with van der Waals surface area (Å²) in [5, 5.41) is 2.21. The highest BCUT2D eigenvalue weighted by atomic mass is 19.1. The molecule has 0 atom stereocenters. The van der Waals surface area contributed by atoms with Crippen LogP contribution in [0.1, 0.15) is 30.1 Å². The van der Waals surface area contributed by atoms with Gasteiger partial charge in [0.2, 0.25) is 0 Å². The van der Waals surface area contributed by atoms with Gasteiger partial charge in [0, 0.05) is 6.07 Å². The van der Waals surface area contributed by atoms with Gasteiger partial charge >= 0.3 is 5.97 Å². The van der Waals surface area contributed by atoms with Crippen molar-refractivity contribution in [1.29, 1.82) is 0 Å². The third-order valence-corrected chi connectivity index (χ3v) is 2.33. The molecule has 1 aromatic rings. The second-order valence-corrected chi connectivity index (χ2v) is 3.88. The fourth-order valence-electron chi connectivity index (χ4n) is 1.30. The highest BCUT2D eigenvalue weighted by Gasteiger charge is 2.13. The van der Waals surface area contributed by atoms with Gasteiger partial charge in [-0.1, -0.05) is 13.3 Å². The molecule has 19 heavy (non-hydrogen) atoms. The zero-order valence-electron chi connectivity index (χ0n) is 10.5. The molecule has 1 N–H and O–H groups in total.